The van der Waals surface area contributed by atoms with Crippen molar-refractivity contribution in [2.75, 3.05) is 11.9 Å². The quantitative estimate of drug-likeness (QED) is 0.941. The molecule has 2 aromatic rings. The number of halogens is 2. The van der Waals surface area contributed by atoms with Gasteiger partial charge in [0.25, 0.3) is 0 Å². The summed E-state index contributed by atoms with van der Waals surface area (Å²) in [4.78, 5) is 15.8. The topological polar surface area (TPSA) is 69.0 Å². The first-order valence-electron chi connectivity index (χ1n) is 6.41. The lowest BCUT2D eigenvalue weighted by Gasteiger charge is -2.24. The predicted octanol–water partition coefficient (Wildman–Crippen LogP) is 2.92. The van der Waals surface area contributed by atoms with E-state index in [0.717, 1.165) is 5.56 Å². The van der Waals surface area contributed by atoms with Crippen LogP contribution in [0.2, 0.25) is 10.0 Å². The van der Waals surface area contributed by atoms with Gasteiger partial charge in [-0.3, -0.25) is 10.1 Å². The molecule has 0 saturated heterocycles. The molecule has 8 heteroatoms. The van der Waals surface area contributed by atoms with Gasteiger partial charge in [0.1, 0.15) is 6.33 Å². The van der Waals surface area contributed by atoms with Crippen molar-refractivity contribution in [2.45, 2.75) is 19.4 Å². The first-order valence-corrected chi connectivity index (χ1v) is 7.16. The minimum Gasteiger partial charge on any atom is -0.491 e. The number of carbonyl (C=O) groups is 1. The molecule has 0 fully saturated rings. The molecule has 1 aromatic carbocycles. The van der Waals surface area contributed by atoms with Crippen LogP contribution in [0.15, 0.2) is 18.5 Å². The maximum absolute atomic E-state index is 11.8. The van der Waals surface area contributed by atoms with E-state index in [-0.39, 0.29) is 18.4 Å². The standard InChI is InChI=1S/C13H12Cl2N4O2/c1-2-21-12-8(14)3-7(4-9(12)15)10-5-11(20)18-13-16-6-17-19(10)13/h3-4,6,10H,2,5H2,1H3,(H,16,17,18,20)/t10-/m0/s1. The SMILES string of the molecule is CCOc1c(Cl)cc([C@@H]2CC(=O)Nc3ncnn32)cc1Cl. The molecule has 0 spiro atoms. The molecule has 0 saturated carbocycles. The van der Waals surface area contributed by atoms with Crippen LogP contribution in [0.3, 0.4) is 0 Å². The summed E-state index contributed by atoms with van der Waals surface area (Å²) in [6, 6.07) is 3.20. The number of amides is 1. The fourth-order valence-corrected chi connectivity index (χ4v) is 2.93. The van der Waals surface area contributed by atoms with Crippen molar-refractivity contribution < 1.29 is 9.53 Å². The van der Waals surface area contributed by atoms with Gasteiger partial charge in [0.2, 0.25) is 11.9 Å². The number of hydrogen-bond donors (Lipinski definition) is 1. The smallest absolute Gasteiger partial charge is 0.229 e. The summed E-state index contributed by atoms with van der Waals surface area (Å²) < 4.78 is 7.05. The van der Waals surface area contributed by atoms with E-state index in [9.17, 15) is 4.79 Å². The lowest BCUT2D eigenvalue weighted by Crippen LogP contribution is -2.29. The lowest BCUT2D eigenvalue weighted by molar-refractivity contribution is -0.117. The zero-order valence-corrected chi connectivity index (χ0v) is 12.6. The molecule has 1 aliphatic heterocycles. The van der Waals surface area contributed by atoms with Crippen LogP contribution in [0, 0.1) is 0 Å². The maximum atomic E-state index is 11.8. The number of anilines is 1. The second-order valence-corrected chi connectivity index (χ2v) is 5.36. The van der Waals surface area contributed by atoms with E-state index in [1.807, 2.05) is 6.92 Å². The number of benzene rings is 1. The molecule has 0 radical (unpaired) electrons. The maximum Gasteiger partial charge on any atom is 0.229 e. The van der Waals surface area contributed by atoms with Gasteiger partial charge < -0.3 is 4.74 Å². The van der Waals surface area contributed by atoms with Crippen LogP contribution in [0.5, 0.6) is 5.75 Å². The first-order chi connectivity index (χ1) is 10.1. The predicted molar refractivity (Wildman–Crippen MR) is 79.0 cm³/mol. The van der Waals surface area contributed by atoms with Crippen LogP contribution in [-0.4, -0.2) is 27.3 Å². The molecule has 1 atom stereocenters. The van der Waals surface area contributed by atoms with Gasteiger partial charge in [-0.1, -0.05) is 23.2 Å². The average molecular weight is 327 g/mol. The van der Waals surface area contributed by atoms with Crippen LogP contribution >= 0.6 is 23.2 Å². The Morgan fingerprint density at radius 1 is 1.43 bits per heavy atom. The number of nitrogens with one attached hydrogen (secondary N) is 1. The van der Waals surface area contributed by atoms with E-state index in [2.05, 4.69) is 15.4 Å². The number of fused-ring (bicyclic) bond motifs is 1. The Hall–Kier alpha value is -1.79. The van der Waals surface area contributed by atoms with Crippen molar-refractivity contribution >= 4 is 35.1 Å². The summed E-state index contributed by atoms with van der Waals surface area (Å²) >= 11 is 12.4. The van der Waals surface area contributed by atoms with Gasteiger partial charge in [-0.25, -0.2) is 4.68 Å². The number of hydrogen-bond acceptors (Lipinski definition) is 4. The molecule has 1 aromatic heterocycles. The molecule has 0 bridgehead atoms. The third-order valence-corrected chi connectivity index (χ3v) is 3.75. The molecule has 0 unspecified atom stereocenters. The normalized spacial score (nSPS) is 17.3. The zero-order chi connectivity index (χ0) is 15.0. The summed E-state index contributed by atoms with van der Waals surface area (Å²) in [7, 11) is 0. The third-order valence-electron chi connectivity index (χ3n) is 3.19. The highest BCUT2D eigenvalue weighted by Crippen LogP contribution is 2.38. The highest BCUT2D eigenvalue weighted by Gasteiger charge is 2.28. The molecular formula is C13H12Cl2N4O2. The van der Waals surface area contributed by atoms with E-state index < -0.39 is 0 Å². The Morgan fingerprint density at radius 2 is 2.14 bits per heavy atom. The lowest BCUT2D eigenvalue weighted by atomic mass is 10.0. The Balaban J connectivity index is 2.04. The largest absolute Gasteiger partial charge is 0.491 e. The molecule has 1 aliphatic rings. The van der Waals surface area contributed by atoms with Crippen molar-refractivity contribution in [1.82, 2.24) is 14.8 Å². The fourth-order valence-electron chi connectivity index (χ4n) is 2.32. The Kier molecular flexibility index (Phi) is 3.73. The van der Waals surface area contributed by atoms with E-state index >= 15 is 0 Å². The van der Waals surface area contributed by atoms with Crippen molar-refractivity contribution in [1.29, 1.82) is 0 Å². The number of aromatic nitrogens is 3. The van der Waals surface area contributed by atoms with Crippen molar-refractivity contribution in [2.24, 2.45) is 0 Å². The Morgan fingerprint density at radius 3 is 2.81 bits per heavy atom. The molecule has 0 aliphatic carbocycles. The number of ether oxygens (including phenoxy) is 1. The van der Waals surface area contributed by atoms with E-state index in [1.165, 1.54) is 6.33 Å². The fraction of sp³-hybridized carbons (Fsp3) is 0.308. The van der Waals surface area contributed by atoms with Crippen LogP contribution < -0.4 is 10.1 Å². The highest BCUT2D eigenvalue weighted by molar-refractivity contribution is 6.37. The molecule has 21 heavy (non-hydrogen) atoms. The third kappa shape index (κ3) is 2.56. The average Bonchev–Trinajstić information content (AvgIpc) is 2.89. The van der Waals surface area contributed by atoms with Crippen LogP contribution in [0.25, 0.3) is 0 Å². The second kappa shape index (κ2) is 5.54. The van der Waals surface area contributed by atoms with Gasteiger partial charge in [-0.05, 0) is 24.6 Å². The van der Waals surface area contributed by atoms with Crippen LogP contribution in [0.1, 0.15) is 24.9 Å². The number of carbonyl (C=O) groups excluding carboxylic acids is 1. The molecule has 3 rings (SSSR count). The molecule has 1 amide bonds. The van der Waals surface area contributed by atoms with E-state index in [1.54, 1.807) is 16.8 Å². The van der Waals surface area contributed by atoms with Crippen molar-refractivity contribution in [3.8, 4) is 5.75 Å². The van der Waals surface area contributed by atoms with Crippen LogP contribution in [-0.2, 0) is 4.79 Å². The van der Waals surface area contributed by atoms with Gasteiger partial charge in [0.15, 0.2) is 5.75 Å². The van der Waals surface area contributed by atoms with Crippen molar-refractivity contribution in [3.63, 3.8) is 0 Å². The molecule has 2 heterocycles. The van der Waals surface area contributed by atoms with Crippen LogP contribution in [0.4, 0.5) is 5.95 Å². The van der Waals surface area contributed by atoms with Gasteiger partial charge in [0.05, 0.1) is 29.1 Å². The minimum atomic E-state index is -0.290. The molecule has 6 nitrogen and oxygen atoms in total. The van der Waals surface area contributed by atoms with Crippen molar-refractivity contribution in [3.05, 3.63) is 34.1 Å². The molecule has 1 N–H and O–H groups in total. The summed E-state index contributed by atoms with van der Waals surface area (Å²) in [5.74, 6) is 0.739. The molecule has 110 valence electrons. The highest BCUT2D eigenvalue weighted by atomic mass is 35.5. The van der Waals surface area contributed by atoms with Gasteiger partial charge in [-0.2, -0.15) is 10.1 Å². The zero-order valence-electron chi connectivity index (χ0n) is 11.1. The summed E-state index contributed by atoms with van der Waals surface area (Å²) in [6.45, 7) is 2.32. The Bertz CT molecular complexity index is 678. The van der Waals surface area contributed by atoms with Gasteiger partial charge in [-0.15, -0.1) is 0 Å². The van der Waals surface area contributed by atoms with E-state index in [0.29, 0.717) is 28.3 Å². The minimum absolute atomic E-state index is 0.123. The summed E-state index contributed by atoms with van der Waals surface area (Å²) in [5.41, 5.74) is 0.787. The summed E-state index contributed by atoms with van der Waals surface area (Å²) in [6.07, 6.45) is 1.64. The number of rotatable bonds is 3. The second-order valence-electron chi connectivity index (χ2n) is 4.54. The van der Waals surface area contributed by atoms with Gasteiger partial charge in [0, 0.05) is 0 Å². The summed E-state index contributed by atoms with van der Waals surface area (Å²) in [5, 5.41) is 7.62. The first kappa shape index (κ1) is 14.2. The monoisotopic (exact) mass is 326 g/mol. The molecular weight excluding hydrogens is 315 g/mol. The van der Waals surface area contributed by atoms with E-state index in [4.69, 9.17) is 27.9 Å². The van der Waals surface area contributed by atoms with Gasteiger partial charge >= 0.3 is 0 Å². The number of nitrogens with zero attached hydrogens (tertiary/aromatic N) is 3. The Labute approximate surface area is 131 Å².